The number of nitrogens with one attached hydrogen (secondary N) is 2. The van der Waals surface area contributed by atoms with Gasteiger partial charge in [0.05, 0.1) is 23.0 Å². The highest BCUT2D eigenvalue weighted by Crippen LogP contribution is 2.28. The molecule has 0 heterocycles. The molecule has 0 aliphatic heterocycles. The number of ether oxygens (including phenoxy) is 1. The number of anilines is 1. The molecule has 0 aromatic heterocycles. The van der Waals surface area contributed by atoms with Gasteiger partial charge >= 0.3 is 0 Å². The highest BCUT2D eigenvalue weighted by molar-refractivity contribution is 9.10. The van der Waals surface area contributed by atoms with Gasteiger partial charge in [0.1, 0.15) is 5.75 Å². The molecule has 108 valence electrons. The van der Waals surface area contributed by atoms with Gasteiger partial charge in [0.25, 0.3) is 0 Å². The van der Waals surface area contributed by atoms with E-state index in [1.165, 1.54) is 7.11 Å². The molecule has 0 radical (unpaired) electrons. The molecule has 0 fully saturated rings. The van der Waals surface area contributed by atoms with Crippen molar-refractivity contribution >= 4 is 31.6 Å². The quantitative estimate of drug-likeness (QED) is 0.705. The van der Waals surface area contributed by atoms with Crippen LogP contribution in [0.25, 0.3) is 0 Å². The summed E-state index contributed by atoms with van der Waals surface area (Å²) in [7, 11) is 0.0843. The maximum Gasteiger partial charge on any atom is 0.232 e. The summed E-state index contributed by atoms with van der Waals surface area (Å²) in [5.74, 6) is 0.711. The molecule has 1 aromatic rings. The van der Waals surface area contributed by atoms with Crippen LogP contribution >= 0.6 is 15.9 Å². The van der Waals surface area contributed by atoms with Crippen LogP contribution in [0.3, 0.4) is 0 Å². The zero-order valence-corrected chi connectivity index (χ0v) is 13.5. The fourth-order valence-corrected chi connectivity index (χ4v) is 3.13. The molecule has 0 atom stereocenters. The van der Waals surface area contributed by atoms with E-state index >= 15 is 0 Å². The van der Waals surface area contributed by atoms with E-state index in [0.717, 1.165) is 17.4 Å². The minimum atomic E-state index is -3.30. The van der Waals surface area contributed by atoms with Crippen molar-refractivity contribution in [1.82, 2.24) is 5.32 Å². The van der Waals surface area contributed by atoms with E-state index in [2.05, 4.69) is 26.0 Å². The molecule has 1 rings (SSSR count). The fraction of sp³-hybridized carbons (Fsp3) is 0.500. The van der Waals surface area contributed by atoms with Gasteiger partial charge < -0.3 is 10.1 Å². The Morgan fingerprint density at radius 2 is 2.05 bits per heavy atom. The van der Waals surface area contributed by atoms with E-state index in [4.69, 9.17) is 4.74 Å². The van der Waals surface area contributed by atoms with Crippen molar-refractivity contribution in [3.05, 3.63) is 22.7 Å². The average Bonchev–Trinajstić information content (AvgIpc) is 2.37. The maximum atomic E-state index is 11.9. The SMILES string of the molecule is CNCCCCS(=O)(=O)Nc1ccc(Br)c(OC)c1. The monoisotopic (exact) mass is 350 g/mol. The number of hydrogen-bond acceptors (Lipinski definition) is 4. The van der Waals surface area contributed by atoms with Crippen LogP contribution in [-0.2, 0) is 10.0 Å². The summed E-state index contributed by atoms with van der Waals surface area (Å²) in [6.45, 7) is 0.821. The number of methoxy groups -OCH3 is 1. The van der Waals surface area contributed by atoms with E-state index in [-0.39, 0.29) is 5.75 Å². The molecule has 19 heavy (non-hydrogen) atoms. The summed E-state index contributed by atoms with van der Waals surface area (Å²) in [5, 5.41) is 2.99. The second-order valence-electron chi connectivity index (χ2n) is 4.08. The first kappa shape index (κ1) is 16.3. The Morgan fingerprint density at radius 3 is 2.68 bits per heavy atom. The molecule has 0 saturated heterocycles. The molecule has 0 spiro atoms. The number of halogens is 1. The van der Waals surface area contributed by atoms with Crippen molar-refractivity contribution in [3.8, 4) is 5.75 Å². The van der Waals surface area contributed by atoms with Gasteiger partial charge in [0, 0.05) is 6.07 Å². The third kappa shape index (κ3) is 5.80. The van der Waals surface area contributed by atoms with Gasteiger partial charge in [0.2, 0.25) is 10.0 Å². The minimum absolute atomic E-state index is 0.118. The molecular formula is C12H19BrN2O3S. The second-order valence-corrected chi connectivity index (χ2v) is 6.78. The molecule has 7 heteroatoms. The highest BCUT2D eigenvalue weighted by atomic mass is 79.9. The van der Waals surface area contributed by atoms with Gasteiger partial charge in [0.15, 0.2) is 0 Å². The van der Waals surface area contributed by atoms with E-state index in [0.29, 0.717) is 17.9 Å². The topological polar surface area (TPSA) is 67.4 Å². The largest absolute Gasteiger partial charge is 0.495 e. The van der Waals surface area contributed by atoms with Gasteiger partial charge in [-0.25, -0.2) is 8.42 Å². The van der Waals surface area contributed by atoms with Crippen LogP contribution in [-0.4, -0.2) is 34.9 Å². The van der Waals surface area contributed by atoms with Gasteiger partial charge in [-0.05, 0) is 54.5 Å². The van der Waals surface area contributed by atoms with Crippen LogP contribution in [0.2, 0.25) is 0 Å². The fourth-order valence-electron chi connectivity index (χ4n) is 1.55. The number of hydrogen-bond donors (Lipinski definition) is 2. The molecule has 0 amide bonds. The molecule has 0 aliphatic carbocycles. The maximum absolute atomic E-state index is 11.9. The molecule has 0 unspecified atom stereocenters. The molecule has 2 N–H and O–H groups in total. The van der Waals surface area contributed by atoms with E-state index in [1.807, 2.05) is 7.05 Å². The third-order valence-corrected chi connectivity index (χ3v) is 4.54. The number of unbranched alkanes of at least 4 members (excludes halogenated alkanes) is 1. The summed E-state index contributed by atoms with van der Waals surface area (Å²) in [6, 6.07) is 5.09. The van der Waals surface area contributed by atoms with Crippen LogP contribution in [0.5, 0.6) is 5.75 Å². The second kappa shape index (κ2) is 7.72. The first-order valence-electron chi connectivity index (χ1n) is 5.97. The van der Waals surface area contributed by atoms with E-state index in [9.17, 15) is 8.42 Å². The first-order valence-corrected chi connectivity index (χ1v) is 8.41. The lowest BCUT2D eigenvalue weighted by atomic mass is 10.3. The summed E-state index contributed by atoms with van der Waals surface area (Å²) in [5.41, 5.74) is 0.508. The lowest BCUT2D eigenvalue weighted by Crippen LogP contribution is -2.18. The smallest absolute Gasteiger partial charge is 0.232 e. The van der Waals surface area contributed by atoms with Crippen LogP contribution in [0, 0.1) is 0 Å². The Balaban J connectivity index is 2.62. The van der Waals surface area contributed by atoms with Crippen molar-refractivity contribution in [2.24, 2.45) is 0 Å². The molecule has 0 bridgehead atoms. The molecule has 1 aromatic carbocycles. The van der Waals surface area contributed by atoms with E-state index in [1.54, 1.807) is 18.2 Å². The van der Waals surface area contributed by atoms with Crippen molar-refractivity contribution in [1.29, 1.82) is 0 Å². The van der Waals surface area contributed by atoms with Crippen molar-refractivity contribution in [2.45, 2.75) is 12.8 Å². The Bertz CT molecular complexity index is 506. The summed E-state index contributed by atoms with van der Waals surface area (Å²) >= 11 is 3.32. The molecule has 5 nitrogen and oxygen atoms in total. The Labute approximate surface area is 122 Å². The van der Waals surface area contributed by atoms with Gasteiger partial charge in [-0.15, -0.1) is 0 Å². The zero-order chi connectivity index (χ0) is 14.3. The summed E-state index contributed by atoms with van der Waals surface area (Å²) < 4.78 is 32.2. The first-order chi connectivity index (χ1) is 8.98. The Morgan fingerprint density at radius 1 is 1.32 bits per heavy atom. The minimum Gasteiger partial charge on any atom is -0.495 e. The average molecular weight is 351 g/mol. The van der Waals surface area contributed by atoms with Crippen LogP contribution in [0.4, 0.5) is 5.69 Å². The third-order valence-electron chi connectivity index (χ3n) is 2.51. The predicted molar refractivity (Wildman–Crippen MR) is 81.3 cm³/mol. The van der Waals surface area contributed by atoms with Crippen molar-refractivity contribution < 1.29 is 13.2 Å². The molecule has 0 saturated carbocycles. The van der Waals surface area contributed by atoms with E-state index < -0.39 is 10.0 Å². The predicted octanol–water partition coefficient (Wildman–Crippen LogP) is 2.20. The normalized spacial score (nSPS) is 11.3. The van der Waals surface area contributed by atoms with Crippen molar-refractivity contribution in [3.63, 3.8) is 0 Å². The Kier molecular flexibility index (Phi) is 6.60. The highest BCUT2D eigenvalue weighted by Gasteiger charge is 2.11. The van der Waals surface area contributed by atoms with Crippen molar-refractivity contribution in [2.75, 3.05) is 31.2 Å². The van der Waals surface area contributed by atoms with Gasteiger partial charge in [-0.1, -0.05) is 0 Å². The number of sulfonamides is 1. The Hall–Kier alpha value is -0.790. The zero-order valence-electron chi connectivity index (χ0n) is 11.1. The summed E-state index contributed by atoms with van der Waals surface area (Å²) in [6.07, 6.45) is 1.46. The van der Waals surface area contributed by atoms with Crippen LogP contribution < -0.4 is 14.8 Å². The molecule has 0 aliphatic rings. The van der Waals surface area contributed by atoms with Gasteiger partial charge in [-0.2, -0.15) is 0 Å². The lowest BCUT2D eigenvalue weighted by molar-refractivity contribution is 0.412. The summed E-state index contributed by atoms with van der Waals surface area (Å²) in [4.78, 5) is 0. The van der Waals surface area contributed by atoms with Gasteiger partial charge in [-0.3, -0.25) is 4.72 Å². The van der Waals surface area contributed by atoms with Crippen LogP contribution in [0.15, 0.2) is 22.7 Å². The number of benzene rings is 1. The van der Waals surface area contributed by atoms with Crippen LogP contribution in [0.1, 0.15) is 12.8 Å². The standard InChI is InChI=1S/C12H19BrN2O3S/c1-14-7-3-4-8-19(16,17)15-10-5-6-11(13)12(9-10)18-2/h5-6,9,14-15H,3-4,7-8H2,1-2H3. The lowest BCUT2D eigenvalue weighted by Gasteiger charge is -2.10. The molecular weight excluding hydrogens is 332 g/mol. The number of rotatable bonds is 8.